The second kappa shape index (κ2) is 8.73. The third-order valence-corrected chi connectivity index (χ3v) is 3.00. The Hall–Kier alpha value is -1.80. The zero-order valence-corrected chi connectivity index (χ0v) is 13.5. The van der Waals surface area contributed by atoms with Gasteiger partial charge in [-0.25, -0.2) is 0 Å². The predicted octanol–water partition coefficient (Wildman–Crippen LogP) is 2.16. The van der Waals surface area contributed by atoms with Gasteiger partial charge in [-0.05, 0) is 17.7 Å². The fraction of sp³-hybridized carbons (Fsp3) is 0.429. The molecule has 3 N–H and O–H groups in total. The van der Waals surface area contributed by atoms with Crippen molar-refractivity contribution in [3.8, 4) is 0 Å². The van der Waals surface area contributed by atoms with Crippen LogP contribution in [0.4, 0.5) is 18.9 Å². The highest BCUT2D eigenvalue weighted by atomic mass is 35.5. The molecule has 2 amide bonds. The number of carbonyl (C=O) groups excluding carboxylic acids is 2. The van der Waals surface area contributed by atoms with E-state index in [0.717, 1.165) is 7.05 Å². The molecule has 0 saturated heterocycles. The van der Waals surface area contributed by atoms with Gasteiger partial charge >= 0.3 is 12.1 Å². The van der Waals surface area contributed by atoms with Crippen LogP contribution >= 0.6 is 12.4 Å². The lowest BCUT2D eigenvalue weighted by Crippen LogP contribution is -2.37. The van der Waals surface area contributed by atoms with Crippen molar-refractivity contribution in [2.45, 2.75) is 19.6 Å². The Morgan fingerprint density at radius 1 is 1.35 bits per heavy atom. The minimum absolute atomic E-state index is 0. The number of alkyl halides is 3. The lowest BCUT2D eigenvalue weighted by atomic mass is 10.1. The molecule has 0 fully saturated rings. The number of anilines is 1. The quantitative estimate of drug-likeness (QED) is 0.851. The summed E-state index contributed by atoms with van der Waals surface area (Å²) < 4.78 is 37.0. The molecule has 0 radical (unpaired) electrons. The van der Waals surface area contributed by atoms with Crippen LogP contribution in [0.2, 0.25) is 0 Å². The van der Waals surface area contributed by atoms with Crippen molar-refractivity contribution in [3.05, 3.63) is 29.8 Å². The molecule has 9 heteroatoms. The number of rotatable bonds is 5. The van der Waals surface area contributed by atoms with Gasteiger partial charge in [0, 0.05) is 31.7 Å². The van der Waals surface area contributed by atoms with E-state index in [1.165, 1.54) is 6.07 Å². The fourth-order valence-electron chi connectivity index (χ4n) is 1.68. The highest BCUT2D eigenvalue weighted by molar-refractivity contribution is 5.92. The van der Waals surface area contributed by atoms with Crippen molar-refractivity contribution >= 4 is 29.9 Å². The van der Waals surface area contributed by atoms with E-state index in [0.29, 0.717) is 16.2 Å². The number of halogens is 4. The van der Waals surface area contributed by atoms with Crippen LogP contribution < -0.4 is 11.1 Å². The van der Waals surface area contributed by atoms with Crippen molar-refractivity contribution < 1.29 is 22.8 Å². The summed E-state index contributed by atoms with van der Waals surface area (Å²) in [4.78, 5) is 23.4. The first-order valence-corrected chi connectivity index (χ1v) is 6.57. The summed E-state index contributed by atoms with van der Waals surface area (Å²) in [5, 5.41) is 2.62. The molecule has 0 heterocycles. The summed E-state index contributed by atoms with van der Waals surface area (Å²) in [6.07, 6.45) is -4.91. The van der Waals surface area contributed by atoms with Crippen LogP contribution in [-0.4, -0.2) is 36.5 Å². The molecule has 0 bridgehead atoms. The number of benzene rings is 1. The molecule has 1 aromatic carbocycles. The number of hydrogen-bond acceptors (Lipinski definition) is 3. The molecule has 1 rings (SSSR count). The fourth-order valence-corrected chi connectivity index (χ4v) is 1.68. The van der Waals surface area contributed by atoms with E-state index >= 15 is 0 Å². The first-order chi connectivity index (χ1) is 10.1. The van der Waals surface area contributed by atoms with Gasteiger partial charge in [0.05, 0.1) is 0 Å². The van der Waals surface area contributed by atoms with Crippen LogP contribution in [-0.2, 0) is 16.1 Å². The molecule has 0 aliphatic heterocycles. The van der Waals surface area contributed by atoms with E-state index in [1.54, 1.807) is 25.1 Å². The Kier molecular flexibility index (Phi) is 8.05. The van der Waals surface area contributed by atoms with Crippen LogP contribution in [0.25, 0.3) is 0 Å². The molecule has 0 aliphatic rings. The van der Waals surface area contributed by atoms with Crippen LogP contribution in [0, 0.1) is 5.92 Å². The third-order valence-electron chi connectivity index (χ3n) is 3.00. The second-order valence-corrected chi connectivity index (χ2v) is 4.99. The summed E-state index contributed by atoms with van der Waals surface area (Å²) in [5.41, 5.74) is 6.30. The van der Waals surface area contributed by atoms with Crippen LogP contribution in [0.3, 0.4) is 0 Å². The third kappa shape index (κ3) is 6.45. The van der Waals surface area contributed by atoms with E-state index in [4.69, 9.17) is 5.73 Å². The minimum Gasteiger partial charge on any atom is -0.334 e. The van der Waals surface area contributed by atoms with Gasteiger partial charge in [-0.1, -0.05) is 19.1 Å². The van der Waals surface area contributed by atoms with Crippen molar-refractivity contribution in [2.24, 2.45) is 11.7 Å². The Morgan fingerprint density at radius 3 is 2.48 bits per heavy atom. The topological polar surface area (TPSA) is 75.4 Å². The molecule has 130 valence electrons. The molecule has 23 heavy (non-hydrogen) atoms. The number of amides is 2. The van der Waals surface area contributed by atoms with Gasteiger partial charge in [0.1, 0.15) is 0 Å². The van der Waals surface area contributed by atoms with Gasteiger partial charge < -0.3 is 16.0 Å². The zero-order chi connectivity index (χ0) is 16.9. The number of carbonyl (C=O) groups is 2. The van der Waals surface area contributed by atoms with E-state index in [9.17, 15) is 22.8 Å². The standard InChI is InChI=1S/C14H18F3N3O2.ClH/c1-9(7-18)12(21)19-11-5-3-4-10(6-11)8-20(2)13(22)14(15,16)17;/h3-6,9H,7-8,18H2,1-2H3,(H,19,21);1H. The summed E-state index contributed by atoms with van der Waals surface area (Å²) in [6.45, 7) is 1.64. The van der Waals surface area contributed by atoms with Crippen molar-refractivity contribution in [2.75, 3.05) is 18.9 Å². The van der Waals surface area contributed by atoms with Gasteiger partial charge in [0.25, 0.3) is 0 Å². The molecule has 1 atom stereocenters. The molecule has 0 aliphatic carbocycles. The van der Waals surface area contributed by atoms with Crippen molar-refractivity contribution in [1.82, 2.24) is 4.90 Å². The monoisotopic (exact) mass is 353 g/mol. The maximum atomic E-state index is 12.3. The Balaban J connectivity index is 0.00000484. The largest absolute Gasteiger partial charge is 0.471 e. The Morgan fingerprint density at radius 2 is 1.96 bits per heavy atom. The van der Waals surface area contributed by atoms with E-state index in [2.05, 4.69) is 5.32 Å². The van der Waals surface area contributed by atoms with Gasteiger partial charge in [-0.2, -0.15) is 13.2 Å². The molecule has 1 unspecified atom stereocenters. The lowest BCUT2D eigenvalue weighted by Gasteiger charge is -2.19. The lowest BCUT2D eigenvalue weighted by molar-refractivity contribution is -0.184. The smallest absolute Gasteiger partial charge is 0.334 e. The Labute approximate surface area is 138 Å². The molecular formula is C14H19ClF3N3O2. The average Bonchev–Trinajstić information content (AvgIpc) is 2.44. The highest BCUT2D eigenvalue weighted by Gasteiger charge is 2.41. The molecule has 0 spiro atoms. The van der Waals surface area contributed by atoms with E-state index < -0.39 is 12.1 Å². The normalized spacial score (nSPS) is 12.1. The van der Waals surface area contributed by atoms with Gasteiger partial charge in [-0.15, -0.1) is 12.4 Å². The van der Waals surface area contributed by atoms with Crippen molar-refractivity contribution in [1.29, 1.82) is 0 Å². The zero-order valence-electron chi connectivity index (χ0n) is 12.7. The van der Waals surface area contributed by atoms with E-state index in [-0.39, 0.29) is 37.3 Å². The first kappa shape index (κ1) is 21.2. The molecule has 0 aromatic heterocycles. The predicted molar refractivity (Wildman–Crippen MR) is 83.1 cm³/mol. The summed E-state index contributed by atoms with van der Waals surface area (Å²) in [6, 6.07) is 6.28. The maximum absolute atomic E-state index is 12.3. The SMILES string of the molecule is CC(CN)C(=O)Nc1cccc(CN(C)C(=O)C(F)(F)F)c1.Cl. The van der Waals surface area contributed by atoms with Gasteiger partial charge in [0.15, 0.2) is 0 Å². The molecular weight excluding hydrogens is 335 g/mol. The van der Waals surface area contributed by atoms with Crippen molar-refractivity contribution in [3.63, 3.8) is 0 Å². The number of hydrogen-bond donors (Lipinski definition) is 2. The minimum atomic E-state index is -4.91. The summed E-state index contributed by atoms with van der Waals surface area (Å²) in [7, 11) is 1.07. The highest BCUT2D eigenvalue weighted by Crippen LogP contribution is 2.20. The number of nitrogens with two attached hydrogens (primary N) is 1. The molecule has 5 nitrogen and oxygen atoms in total. The summed E-state index contributed by atoms with van der Waals surface area (Å²) in [5.74, 6) is -2.57. The average molecular weight is 354 g/mol. The second-order valence-electron chi connectivity index (χ2n) is 4.99. The van der Waals surface area contributed by atoms with Gasteiger partial charge in [0.2, 0.25) is 5.91 Å². The number of nitrogens with one attached hydrogen (secondary N) is 1. The maximum Gasteiger partial charge on any atom is 0.471 e. The van der Waals surface area contributed by atoms with E-state index in [1.807, 2.05) is 0 Å². The van der Waals surface area contributed by atoms with Crippen LogP contribution in [0.5, 0.6) is 0 Å². The van der Waals surface area contributed by atoms with Gasteiger partial charge in [-0.3, -0.25) is 9.59 Å². The first-order valence-electron chi connectivity index (χ1n) is 6.57. The van der Waals surface area contributed by atoms with Crippen LogP contribution in [0.15, 0.2) is 24.3 Å². The molecule has 0 saturated carbocycles. The summed E-state index contributed by atoms with van der Waals surface area (Å²) >= 11 is 0. The number of nitrogens with zero attached hydrogens (tertiary/aromatic N) is 1. The molecule has 1 aromatic rings. The Bertz CT molecular complexity index is 552. The van der Waals surface area contributed by atoms with Crippen LogP contribution in [0.1, 0.15) is 12.5 Å².